The van der Waals surface area contributed by atoms with Gasteiger partial charge in [0.05, 0.1) is 0 Å². The Balaban J connectivity index is 1.97. The zero-order chi connectivity index (χ0) is 19.1. The van der Waals surface area contributed by atoms with E-state index >= 15 is 0 Å². The number of unbranched alkanes of at least 4 members (excludes halogenated alkanes) is 3. The van der Waals surface area contributed by atoms with Crippen molar-refractivity contribution in [2.24, 2.45) is 0 Å². The minimum atomic E-state index is 0.0492. The van der Waals surface area contributed by atoms with Gasteiger partial charge in [0.25, 0.3) is 5.56 Å². The summed E-state index contributed by atoms with van der Waals surface area (Å²) < 4.78 is 1.85. The summed E-state index contributed by atoms with van der Waals surface area (Å²) in [4.78, 5) is 17.7. The molecule has 1 aromatic carbocycles. The number of aryl methyl sites for hydroxylation is 2. The molecule has 27 heavy (non-hydrogen) atoms. The zero-order valence-electron chi connectivity index (χ0n) is 16.2. The van der Waals surface area contributed by atoms with Crippen LogP contribution in [0.5, 0.6) is 0 Å². The van der Waals surface area contributed by atoms with E-state index < -0.39 is 0 Å². The van der Waals surface area contributed by atoms with E-state index in [1.165, 1.54) is 5.56 Å². The third-order valence-corrected chi connectivity index (χ3v) is 4.94. The van der Waals surface area contributed by atoms with E-state index in [4.69, 9.17) is 0 Å². The van der Waals surface area contributed by atoms with E-state index in [0.29, 0.717) is 6.54 Å². The molecule has 0 radical (unpaired) electrons. The molecule has 140 valence electrons. The van der Waals surface area contributed by atoms with Gasteiger partial charge in [-0.25, -0.2) is 4.98 Å². The normalized spacial score (nSPS) is 11.0. The first-order chi connectivity index (χ1) is 13.2. The van der Waals surface area contributed by atoms with Crippen molar-refractivity contribution in [3.05, 3.63) is 77.2 Å². The van der Waals surface area contributed by atoms with Crippen molar-refractivity contribution >= 4 is 11.0 Å². The topological polar surface area (TPSA) is 34.9 Å². The molecule has 0 N–H and O–H groups in total. The number of hydrogen-bond donors (Lipinski definition) is 0. The molecule has 0 aliphatic carbocycles. The minimum absolute atomic E-state index is 0.0492. The van der Waals surface area contributed by atoms with Crippen LogP contribution in [0, 0.1) is 0 Å². The molecular formula is C24H28N2O. The second-order valence-electron chi connectivity index (χ2n) is 7.02. The van der Waals surface area contributed by atoms with Gasteiger partial charge in [0.2, 0.25) is 0 Å². The average molecular weight is 361 g/mol. The summed E-state index contributed by atoms with van der Waals surface area (Å²) in [6.45, 7) is 6.65. The summed E-state index contributed by atoms with van der Waals surface area (Å²) in [6.07, 6.45) is 10.1. The number of pyridine rings is 2. The maximum Gasteiger partial charge on any atom is 0.260 e. The lowest BCUT2D eigenvalue weighted by Gasteiger charge is -2.12. The first-order valence-corrected chi connectivity index (χ1v) is 9.93. The van der Waals surface area contributed by atoms with Crippen LogP contribution in [0.1, 0.15) is 44.6 Å². The molecule has 0 atom stereocenters. The van der Waals surface area contributed by atoms with Crippen LogP contribution in [-0.4, -0.2) is 9.55 Å². The van der Waals surface area contributed by atoms with Crippen molar-refractivity contribution in [1.82, 2.24) is 9.55 Å². The summed E-state index contributed by atoms with van der Waals surface area (Å²) >= 11 is 0. The highest BCUT2D eigenvalue weighted by atomic mass is 16.1. The second-order valence-corrected chi connectivity index (χ2v) is 7.02. The molecule has 0 saturated heterocycles. The number of benzene rings is 1. The van der Waals surface area contributed by atoms with Crippen LogP contribution < -0.4 is 5.56 Å². The van der Waals surface area contributed by atoms with Crippen LogP contribution in [0.3, 0.4) is 0 Å². The Morgan fingerprint density at radius 2 is 1.93 bits per heavy atom. The Morgan fingerprint density at radius 3 is 2.67 bits per heavy atom. The third-order valence-electron chi connectivity index (χ3n) is 4.94. The highest BCUT2D eigenvalue weighted by molar-refractivity contribution is 5.81. The molecule has 0 aliphatic heterocycles. The van der Waals surface area contributed by atoms with E-state index in [1.807, 2.05) is 28.8 Å². The van der Waals surface area contributed by atoms with Gasteiger partial charge in [0.15, 0.2) is 0 Å². The molecule has 3 nitrogen and oxygen atoms in total. The quantitative estimate of drug-likeness (QED) is 0.359. The maximum absolute atomic E-state index is 13.2. The fourth-order valence-corrected chi connectivity index (χ4v) is 3.50. The van der Waals surface area contributed by atoms with Crippen LogP contribution in [0.4, 0.5) is 0 Å². The summed E-state index contributed by atoms with van der Waals surface area (Å²) in [5.74, 6) is 0. The fourth-order valence-electron chi connectivity index (χ4n) is 3.50. The smallest absolute Gasteiger partial charge is 0.260 e. The van der Waals surface area contributed by atoms with E-state index in [-0.39, 0.29) is 5.56 Å². The number of rotatable bonds is 9. The van der Waals surface area contributed by atoms with Crippen molar-refractivity contribution in [2.75, 3.05) is 0 Å². The van der Waals surface area contributed by atoms with Gasteiger partial charge in [-0.3, -0.25) is 9.36 Å². The van der Waals surface area contributed by atoms with Crippen LogP contribution in [0.25, 0.3) is 22.2 Å². The molecule has 0 spiro atoms. The van der Waals surface area contributed by atoms with Gasteiger partial charge in [0.1, 0.15) is 5.65 Å². The summed E-state index contributed by atoms with van der Waals surface area (Å²) in [5, 5.41) is 1.01. The van der Waals surface area contributed by atoms with Gasteiger partial charge in [-0.05, 0) is 55.0 Å². The first-order valence-electron chi connectivity index (χ1n) is 9.93. The highest BCUT2D eigenvalue weighted by Crippen LogP contribution is 2.21. The van der Waals surface area contributed by atoms with E-state index in [9.17, 15) is 4.79 Å². The number of hydrogen-bond acceptors (Lipinski definition) is 2. The molecule has 0 fully saturated rings. The molecule has 0 saturated carbocycles. The van der Waals surface area contributed by atoms with Crippen LogP contribution in [0.2, 0.25) is 0 Å². The van der Waals surface area contributed by atoms with Gasteiger partial charge in [-0.1, -0.05) is 50.1 Å². The largest absolute Gasteiger partial charge is 0.292 e. The van der Waals surface area contributed by atoms with Crippen LogP contribution in [0.15, 0.2) is 66.1 Å². The van der Waals surface area contributed by atoms with Gasteiger partial charge in [-0.2, -0.15) is 0 Å². The maximum atomic E-state index is 13.2. The van der Waals surface area contributed by atoms with E-state index in [0.717, 1.165) is 60.7 Å². The third kappa shape index (κ3) is 4.54. The molecule has 3 aromatic rings. The van der Waals surface area contributed by atoms with Gasteiger partial charge < -0.3 is 0 Å². The fraction of sp³-hybridized carbons (Fsp3) is 0.333. The molecule has 3 rings (SSSR count). The number of aromatic nitrogens is 2. The molecule has 0 amide bonds. The average Bonchev–Trinajstić information content (AvgIpc) is 2.70. The summed E-state index contributed by atoms with van der Waals surface area (Å²) in [7, 11) is 0. The molecule has 0 aliphatic rings. The lowest BCUT2D eigenvalue weighted by molar-refractivity contribution is 0.588. The van der Waals surface area contributed by atoms with Gasteiger partial charge >= 0.3 is 0 Å². The Kier molecular flexibility index (Phi) is 6.59. The predicted molar refractivity (Wildman–Crippen MR) is 114 cm³/mol. The Bertz CT molecular complexity index is 954. The van der Waals surface area contributed by atoms with Crippen molar-refractivity contribution < 1.29 is 0 Å². The molecule has 0 unspecified atom stereocenters. The van der Waals surface area contributed by atoms with Crippen molar-refractivity contribution in [3.8, 4) is 11.1 Å². The highest BCUT2D eigenvalue weighted by Gasteiger charge is 2.11. The monoisotopic (exact) mass is 360 g/mol. The van der Waals surface area contributed by atoms with Crippen LogP contribution >= 0.6 is 0 Å². The van der Waals surface area contributed by atoms with Crippen LogP contribution in [-0.2, 0) is 13.0 Å². The minimum Gasteiger partial charge on any atom is -0.292 e. The summed E-state index contributed by atoms with van der Waals surface area (Å²) in [5.41, 5.74) is 3.87. The Hall–Kier alpha value is -2.68. The van der Waals surface area contributed by atoms with E-state index in [2.05, 4.69) is 42.8 Å². The summed E-state index contributed by atoms with van der Waals surface area (Å²) in [6, 6.07) is 14.3. The predicted octanol–water partition coefficient (Wildman–Crippen LogP) is 5.76. The van der Waals surface area contributed by atoms with E-state index in [1.54, 1.807) is 6.20 Å². The van der Waals surface area contributed by atoms with Crippen molar-refractivity contribution in [3.63, 3.8) is 0 Å². The molecule has 0 bridgehead atoms. The van der Waals surface area contributed by atoms with Gasteiger partial charge in [-0.15, -0.1) is 6.58 Å². The second kappa shape index (κ2) is 9.31. The zero-order valence-corrected chi connectivity index (χ0v) is 16.2. The lowest BCUT2D eigenvalue weighted by Crippen LogP contribution is -2.23. The number of allylic oxidation sites excluding steroid dienone is 1. The molecule has 3 heteroatoms. The van der Waals surface area contributed by atoms with Crippen molar-refractivity contribution in [2.45, 2.75) is 52.0 Å². The standard InChI is InChI=1S/C24H28N2O/c1-3-5-6-7-8-17-26-23-21(11-9-16-25-23)18-22(24(26)27)20-14-12-19(10-4-2)13-15-20/h3,9,11-16,18H,1,4-8,10,17H2,2H3. The molecular weight excluding hydrogens is 332 g/mol. The van der Waals surface area contributed by atoms with Crippen molar-refractivity contribution in [1.29, 1.82) is 0 Å². The Labute approximate surface area is 161 Å². The lowest BCUT2D eigenvalue weighted by atomic mass is 10.0. The molecule has 2 aromatic heterocycles. The first kappa shape index (κ1) is 19.1. The number of fused-ring (bicyclic) bond motifs is 1. The molecule has 2 heterocycles. The van der Waals surface area contributed by atoms with Gasteiger partial charge in [0, 0.05) is 23.7 Å². The number of nitrogens with zero attached hydrogens (tertiary/aromatic N) is 2. The SMILES string of the molecule is C=CCCCCCn1c(=O)c(-c2ccc(CCC)cc2)cc2cccnc21. The Morgan fingerprint density at radius 1 is 1.11 bits per heavy atom.